The van der Waals surface area contributed by atoms with Gasteiger partial charge in [-0.2, -0.15) is 4.98 Å². The van der Waals surface area contributed by atoms with Gasteiger partial charge in [-0.1, -0.05) is 12.2 Å². The van der Waals surface area contributed by atoms with Crippen molar-refractivity contribution in [1.29, 1.82) is 0 Å². The average molecular weight is 347 g/mol. The Bertz CT molecular complexity index is 757. The molecule has 2 heterocycles. The van der Waals surface area contributed by atoms with E-state index in [0.29, 0.717) is 0 Å². The smallest absolute Gasteiger partial charge is 0.351 e. The van der Waals surface area contributed by atoms with Crippen LogP contribution < -0.4 is 11.0 Å². The van der Waals surface area contributed by atoms with Crippen LogP contribution in [0.4, 0.5) is 5.82 Å². The number of carbonyl (C=O) groups is 2. The number of carbonyl (C=O) groups excluding carboxylic acids is 2. The minimum absolute atomic E-state index is 0.108. The van der Waals surface area contributed by atoms with Gasteiger partial charge in [-0.05, 0) is 24.8 Å². The number of esters is 1. The van der Waals surface area contributed by atoms with Crippen LogP contribution in [0.2, 0.25) is 0 Å². The Morgan fingerprint density at radius 1 is 1.32 bits per heavy atom. The second-order valence-corrected chi connectivity index (χ2v) is 6.32. The summed E-state index contributed by atoms with van der Waals surface area (Å²) in [6, 6.07) is 1.57. The molecule has 0 aromatic carbocycles. The Balaban J connectivity index is 1.83. The molecule has 3 rings (SSSR count). The van der Waals surface area contributed by atoms with Crippen molar-refractivity contribution in [2.24, 2.45) is 11.8 Å². The lowest BCUT2D eigenvalue weighted by Gasteiger charge is -2.25. The van der Waals surface area contributed by atoms with Gasteiger partial charge < -0.3 is 14.8 Å². The van der Waals surface area contributed by atoms with Crippen LogP contribution in [0.25, 0.3) is 0 Å². The Labute approximate surface area is 144 Å². The summed E-state index contributed by atoms with van der Waals surface area (Å²) in [5.74, 6) is -0.148. The topological polar surface area (TPSA) is 99.5 Å². The predicted octanol–water partition coefficient (Wildman–Crippen LogP) is 1.24. The summed E-state index contributed by atoms with van der Waals surface area (Å²) >= 11 is 0. The number of amides is 1. The molecule has 1 aliphatic carbocycles. The third-order valence-corrected chi connectivity index (χ3v) is 4.55. The first-order valence-electron chi connectivity index (χ1n) is 8.26. The molecular weight excluding hydrogens is 326 g/mol. The maximum atomic E-state index is 12.4. The highest BCUT2D eigenvalue weighted by molar-refractivity contribution is 5.87. The van der Waals surface area contributed by atoms with E-state index < -0.39 is 11.9 Å². The van der Waals surface area contributed by atoms with Crippen LogP contribution in [0.1, 0.15) is 32.9 Å². The highest BCUT2D eigenvalue weighted by Crippen LogP contribution is 2.45. The maximum Gasteiger partial charge on any atom is 0.351 e. The quantitative estimate of drug-likeness (QED) is 0.650. The van der Waals surface area contributed by atoms with Crippen molar-refractivity contribution >= 4 is 17.7 Å². The van der Waals surface area contributed by atoms with Crippen LogP contribution in [0.3, 0.4) is 0 Å². The van der Waals surface area contributed by atoms with Crippen molar-refractivity contribution in [3.8, 4) is 0 Å². The Morgan fingerprint density at radius 2 is 2.04 bits per heavy atom. The van der Waals surface area contributed by atoms with E-state index in [0.717, 1.165) is 12.8 Å². The Hall–Kier alpha value is -2.48. The van der Waals surface area contributed by atoms with E-state index in [4.69, 9.17) is 9.47 Å². The van der Waals surface area contributed by atoms with Crippen LogP contribution >= 0.6 is 0 Å². The molecule has 134 valence electrons. The van der Waals surface area contributed by atoms with Crippen LogP contribution in [-0.4, -0.2) is 34.1 Å². The molecule has 1 saturated heterocycles. The number of allylic oxidation sites excluding steroid dienone is 2. The standard InChI is InChI=1S/C17H21N3O5/c1-10(21)18-15-7-8-20(17(23)19-15)16-13-6-4-3-5-12(13)14(25-16)9-24-11(2)22/h3-4,7-8,12-14,16H,5-6,9H2,1-2H3,(H,18,19,21,23)/t12-,13+,14+,16+/m0/s1. The van der Waals surface area contributed by atoms with Crippen molar-refractivity contribution in [3.63, 3.8) is 0 Å². The Morgan fingerprint density at radius 3 is 2.68 bits per heavy atom. The number of nitrogens with zero attached hydrogens (tertiary/aromatic N) is 2. The first kappa shape index (κ1) is 17.3. The molecule has 8 nitrogen and oxygen atoms in total. The van der Waals surface area contributed by atoms with E-state index >= 15 is 0 Å². The van der Waals surface area contributed by atoms with Crippen LogP contribution in [0.5, 0.6) is 0 Å². The molecule has 4 atom stereocenters. The number of ether oxygens (including phenoxy) is 2. The molecule has 25 heavy (non-hydrogen) atoms. The number of fused-ring (bicyclic) bond motifs is 1. The van der Waals surface area contributed by atoms with Gasteiger partial charge >= 0.3 is 11.7 Å². The van der Waals surface area contributed by atoms with E-state index in [1.807, 2.05) is 0 Å². The summed E-state index contributed by atoms with van der Waals surface area (Å²) in [5.41, 5.74) is -0.488. The van der Waals surface area contributed by atoms with Crippen LogP contribution in [-0.2, 0) is 19.1 Å². The zero-order valence-electron chi connectivity index (χ0n) is 14.2. The van der Waals surface area contributed by atoms with E-state index in [1.165, 1.54) is 18.4 Å². The number of anilines is 1. The number of nitrogens with one attached hydrogen (secondary N) is 1. The van der Waals surface area contributed by atoms with Gasteiger partial charge in [0.2, 0.25) is 5.91 Å². The predicted molar refractivity (Wildman–Crippen MR) is 88.7 cm³/mol. The second kappa shape index (κ2) is 7.18. The zero-order valence-corrected chi connectivity index (χ0v) is 14.2. The van der Waals surface area contributed by atoms with Gasteiger partial charge in [0.25, 0.3) is 0 Å². The van der Waals surface area contributed by atoms with Gasteiger partial charge in [-0.15, -0.1) is 0 Å². The second-order valence-electron chi connectivity index (χ2n) is 6.32. The number of aromatic nitrogens is 2. The minimum Gasteiger partial charge on any atom is -0.463 e. The fourth-order valence-corrected chi connectivity index (χ4v) is 3.48. The molecule has 1 N–H and O–H groups in total. The lowest BCUT2D eigenvalue weighted by molar-refractivity contribution is -0.146. The zero-order chi connectivity index (χ0) is 18.0. The monoisotopic (exact) mass is 347 g/mol. The number of rotatable bonds is 4. The normalized spacial score (nSPS) is 27.6. The molecule has 1 amide bonds. The van der Waals surface area contributed by atoms with Gasteiger partial charge in [0.15, 0.2) is 0 Å². The van der Waals surface area contributed by atoms with Gasteiger partial charge in [0.05, 0.1) is 6.10 Å². The third kappa shape index (κ3) is 3.79. The summed E-state index contributed by atoms with van der Waals surface area (Å²) in [6.45, 7) is 2.89. The first-order chi connectivity index (χ1) is 12.0. The molecule has 0 spiro atoms. The lowest BCUT2D eigenvalue weighted by atomic mass is 9.81. The highest BCUT2D eigenvalue weighted by atomic mass is 16.6. The fraction of sp³-hybridized carbons (Fsp3) is 0.529. The average Bonchev–Trinajstić information content (AvgIpc) is 2.91. The lowest BCUT2D eigenvalue weighted by Crippen LogP contribution is -2.31. The molecule has 0 radical (unpaired) electrons. The van der Waals surface area contributed by atoms with E-state index in [-0.39, 0.29) is 42.2 Å². The van der Waals surface area contributed by atoms with Gasteiger partial charge in [-0.3, -0.25) is 14.2 Å². The molecule has 1 aromatic rings. The summed E-state index contributed by atoms with van der Waals surface area (Å²) in [4.78, 5) is 38.4. The summed E-state index contributed by atoms with van der Waals surface area (Å²) < 4.78 is 12.6. The maximum absolute atomic E-state index is 12.4. The SMILES string of the molecule is CC(=O)Nc1ccn([C@@H]2O[C@H](COC(C)=O)[C@H]3CC=CC[C@H]32)c(=O)n1. The molecular formula is C17H21N3O5. The molecule has 1 aliphatic heterocycles. The van der Waals surface area contributed by atoms with Crippen molar-refractivity contribution in [2.45, 2.75) is 39.0 Å². The summed E-state index contributed by atoms with van der Waals surface area (Å²) in [6.07, 6.45) is 6.62. The number of hydrogen-bond donors (Lipinski definition) is 1. The fourth-order valence-electron chi connectivity index (χ4n) is 3.48. The summed E-state index contributed by atoms with van der Waals surface area (Å²) in [7, 11) is 0. The van der Waals surface area contributed by atoms with Crippen LogP contribution in [0.15, 0.2) is 29.2 Å². The van der Waals surface area contributed by atoms with Gasteiger partial charge in [0.1, 0.15) is 18.7 Å². The van der Waals surface area contributed by atoms with Gasteiger partial charge in [0, 0.05) is 26.0 Å². The van der Waals surface area contributed by atoms with Crippen LogP contribution in [0, 0.1) is 11.8 Å². The number of hydrogen-bond acceptors (Lipinski definition) is 6. The first-order valence-corrected chi connectivity index (χ1v) is 8.26. The largest absolute Gasteiger partial charge is 0.463 e. The van der Waals surface area contributed by atoms with Crippen molar-refractivity contribution in [1.82, 2.24) is 9.55 Å². The van der Waals surface area contributed by atoms with Crippen molar-refractivity contribution in [2.75, 3.05) is 11.9 Å². The summed E-state index contributed by atoms with van der Waals surface area (Å²) in [5, 5.41) is 2.49. The third-order valence-electron chi connectivity index (χ3n) is 4.55. The molecule has 0 bridgehead atoms. The molecule has 1 fully saturated rings. The van der Waals surface area contributed by atoms with E-state index in [2.05, 4.69) is 22.5 Å². The molecule has 8 heteroatoms. The van der Waals surface area contributed by atoms with Crippen molar-refractivity contribution < 1.29 is 19.1 Å². The van der Waals surface area contributed by atoms with E-state index in [9.17, 15) is 14.4 Å². The molecule has 0 unspecified atom stereocenters. The molecule has 2 aliphatic rings. The minimum atomic E-state index is -0.488. The highest BCUT2D eigenvalue weighted by Gasteiger charge is 2.45. The van der Waals surface area contributed by atoms with Crippen molar-refractivity contribution in [3.05, 3.63) is 34.9 Å². The van der Waals surface area contributed by atoms with Gasteiger partial charge in [-0.25, -0.2) is 4.79 Å². The molecule has 1 aromatic heterocycles. The molecule has 0 saturated carbocycles. The Kier molecular flexibility index (Phi) is 4.98. The van der Waals surface area contributed by atoms with E-state index in [1.54, 1.807) is 12.3 Å².